The Labute approximate surface area is 111 Å². The van der Waals surface area contributed by atoms with Gasteiger partial charge in [0, 0.05) is 5.54 Å². The van der Waals surface area contributed by atoms with Crippen molar-refractivity contribution in [2.24, 2.45) is 9.98 Å². The van der Waals surface area contributed by atoms with Crippen molar-refractivity contribution in [1.29, 1.82) is 0 Å². The fraction of sp³-hybridized carbons (Fsp3) is 0.500. The first-order valence-electron chi connectivity index (χ1n) is 5.50. The van der Waals surface area contributed by atoms with Gasteiger partial charge in [-0.2, -0.15) is 4.99 Å². The average molecular weight is 267 g/mol. The molecule has 0 aromatic carbocycles. The Morgan fingerprint density at radius 2 is 2.00 bits per heavy atom. The lowest BCUT2D eigenvalue weighted by Gasteiger charge is -2.20. The van der Waals surface area contributed by atoms with Gasteiger partial charge in [0.25, 0.3) is 5.91 Å². The third-order valence-electron chi connectivity index (χ3n) is 2.00. The van der Waals surface area contributed by atoms with Crippen LogP contribution in [0.3, 0.4) is 0 Å². The molecule has 18 heavy (non-hydrogen) atoms. The molecule has 5 nitrogen and oxygen atoms in total. The fourth-order valence-corrected chi connectivity index (χ4v) is 1.88. The van der Waals surface area contributed by atoms with Gasteiger partial charge in [-0.3, -0.25) is 9.59 Å². The summed E-state index contributed by atoms with van der Waals surface area (Å²) in [7, 11) is 0. The van der Waals surface area contributed by atoms with Crippen molar-refractivity contribution in [1.82, 2.24) is 5.32 Å². The molecule has 1 aliphatic rings. The third kappa shape index (κ3) is 4.44. The molecule has 1 aliphatic heterocycles. The predicted octanol–water partition coefficient (Wildman–Crippen LogP) is 1.55. The van der Waals surface area contributed by atoms with Gasteiger partial charge in [0.2, 0.25) is 5.91 Å². The van der Waals surface area contributed by atoms with Crippen LogP contribution in [0.15, 0.2) is 22.1 Å². The van der Waals surface area contributed by atoms with E-state index < -0.39 is 0 Å². The van der Waals surface area contributed by atoms with Crippen LogP contribution in [0, 0.1) is 0 Å². The smallest absolute Gasteiger partial charge is 0.280 e. The Kier molecular flexibility index (Phi) is 4.45. The molecule has 2 amide bonds. The summed E-state index contributed by atoms with van der Waals surface area (Å²) in [5.41, 5.74) is 0.585. The minimum atomic E-state index is -0.388. The first-order valence-corrected chi connectivity index (χ1v) is 6.49. The molecule has 0 radical (unpaired) electrons. The Balaban J connectivity index is 2.55. The normalized spacial score (nSPS) is 16.2. The van der Waals surface area contributed by atoms with Crippen molar-refractivity contribution in [2.75, 3.05) is 5.75 Å². The molecular weight excluding hydrogens is 250 g/mol. The molecule has 0 saturated carbocycles. The molecule has 0 aromatic rings. The number of hydrogen-bond donors (Lipinski definition) is 1. The Hall–Kier alpha value is -1.43. The average Bonchev–Trinajstić information content (AvgIpc) is 2.20. The van der Waals surface area contributed by atoms with Crippen molar-refractivity contribution in [3.8, 4) is 0 Å². The highest BCUT2D eigenvalue weighted by atomic mass is 32.2. The molecule has 6 heteroatoms. The van der Waals surface area contributed by atoms with E-state index in [-0.39, 0.29) is 23.1 Å². The minimum Gasteiger partial charge on any atom is -0.351 e. The summed E-state index contributed by atoms with van der Waals surface area (Å²) in [5.74, 6) is -0.312. The van der Waals surface area contributed by atoms with Gasteiger partial charge in [0.05, 0.1) is 17.0 Å². The van der Waals surface area contributed by atoms with Crippen LogP contribution in [0.25, 0.3) is 0 Å². The number of hydrogen-bond acceptors (Lipinski definition) is 4. The first-order chi connectivity index (χ1) is 8.19. The molecule has 1 heterocycles. The lowest BCUT2D eigenvalue weighted by Crippen LogP contribution is -2.41. The summed E-state index contributed by atoms with van der Waals surface area (Å²) in [4.78, 5) is 30.9. The number of rotatable bonds is 2. The number of thioether (sulfide) groups is 1. The van der Waals surface area contributed by atoms with E-state index in [4.69, 9.17) is 0 Å². The van der Waals surface area contributed by atoms with Gasteiger partial charge in [0.1, 0.15) is 0 Å². The Bertz CT molecular complexity index is 458. The largest absolute Gasteiger partial charge is 0.351 e. The standard InChI is InChI=1S/C12H17N3O2S/c1-7-8(2)13-11(14-10(7)17)18-6-9(16)15-12(3,4)5/h1,6H2,2-5H3,(H,15,16). The summed E-state index contributed by atoms with van der Waals surface area (Å²) in [5, 5.41) is 3.14. The summed E-state index contributed by atoms with van der Waals surface area (Å²) in [6.07, 6.45) is 0. The number of amides is 2. The zero-order chi connectivity index (χ0) is 13.9. The second-order valence-corrected chi connectivity index (χ2v) is 5.90. The van der Waals surface area contributed by atoms with Crippen LogP contribution in [-0.4, -0.2) is 34.0 Å². The highest BCUT2D eigenvalue weighted by Crippen LogP contribution is 2.14. The van der Waals surface area contributed by atoms with Crippen LogP contribution in [-0.2, 0) is 9.59 Å². The van der Waals surface area contributed by atoms with Gasteiger partial charge in [-0.05, 0) is 27.7 Å². The maximum Gasteiger partial charge on any atom is 0.280 e. The van der Waals surface area contributed by atoms with Crippen LogP contribution in [0.5, 0.6) is 0 Å². The monoisotopic (exact) mass is 267 g/mol. The quantitative estimate of drug-likeness (QED) is 0.772. The zero-order valence-electron chi connectivity index (χ0n) is 11.0. The van der Waals surface area contributed by atoms with E-state index in [1.54, 1.807) is 6.92 Å². The van der Waals surface area contributed by atoms with Gasteiger partial charge in [-0.25, -0.2) is 4.99 Å². The van der Waals surface area contributed by atoms with E-state index in [9.17, 15) is 9.59 Å². The fourth-order valence-electron chi connectivity index (χ4n) is 1.19. The summed E-state index contributed by atoms with van der Waals surface area (Å²) in [6.45, 7) is 11.0. The molecule has 0 bridgehead atoms. The van der Waals surface area contributed by atoms with Crippen molar-refractivity contribution >= 4 is 34.5 Å². The van der Waals surface area contributed by atoms with Crippen LogP contribution in [0.1, 0.15) is 27.7 Å². The van der Waals surface area contributed by atoms with Crippen LogP contribution < -0.4 is 5.32 Å². The lowest BCUT2D eigenvalue weighted by molar-refractivity contribution is -0.120. The van der Waals surface area contributed by atoms with E-state index in [1.165, 1.54) is 0 Å². The molecular formula is C12H17N3O2S. The van der Waals surface area contributed by atoms with Gasteiger partial charge >= 0.3 is 0 Å². The van der Waals surface area contributed by atoms with Crippen LogP contribution in [0.2, 0.25) is 0 Å². The molecule has 0 atom stereocenters. The second kappa shape index (κ2) is 5.48. The number of carbonyl (C=O) groups is 2. The number of nitrogens with one attached hydrogen (secondary N) is 1. The lowest BCUT2D eigenvalue weighted by atomic mass is 10.1. The topological polar surface area (TPSA) is 70.9 Å². The highest BCUT2D eigenvalue weighted by molar-refractivity contribution is 8.14. The molecule has 0 aliphatic carbocycles. The number of nitrogens with zero attached hydrogens (tertiary/aromatic N) is 2. The van der Waals surface area contributed by atoms with Crippen molar-refractivity contribution in [2.45, 2.75) is 33.2 Å². The Morgan fingerprint density at radius 3 is 2.50 bits per heavy atom. The van der Waals surface area contributed by atoms with E-state index in [0.29, 0.717) is 16.5 Å². The van der Waals surface area contributed by atoms with Gasteiger partial charge in [-0.15, -0.1) is 0 Å². The number of aliphatic imine (C=N–C) groups is 2. The van der Waals surface area contributed by atoms with Gasteiger partial charge < -0.3 is 5.32 Å². The molecule has 0 fully saturated rings. The third-order valence-corrected chi connectivity index (χ3v) is 2.85. The predicted molar refractivity (Wildman–Crippen MR) is 75.0 cm³/mol. The van der Waals surface area contributed by atoms with E-state index in [0.717, 1.165) is 11.8 Å². The second-order valence-electron chi connectivity index (χ2n) is 4.96. The molecule has 0 saturated heterocycles. The number of amidine groups is 1. The molecule has 0 unspecified atom stereocenters. The zero-order valence-corrected chi connectivity index (χ0v) is 11.8. The molecule has 1 rings (SSSR count). The van der Waals surface area contributed by atoms with E-state index in [2.05, 4.69) is 21.9 Å². The molecule has 1 N–H and O–H groups in total. The maximum atomic E-state index is 11.6. The summed E-state index contributed by atoms with van der Waals surface area (Å²) in [6, 6.07) is 0. The maximum absolute atomic E-state index is 11.6. The van der Waals surface area contributed by atoms with E-state index >= 15 is 0 Å². The number of carbonyl (C=O) groups excluding carboxylic acids is 2. The SMILES string of the molecule is C=C1C(=O)N=C(SCC(=O)NC(C)(C)C)N=C1C. The molecule has 98 valence electrons. The van der Waals surface area contributed by atoms with Gasteiger partial charge in [-0.1, -0.05) is 18.3 Å². The van der Waals surface area contributed by atoms with E-state index in [1.807, 2.05) is 20.8 Å². The summed E-state index contributed by atoms with van der Waals surface area (Å²) >= 11 is 1.14. The van der Waals surface area contributed by atoms with Crippen LogP contribution in [0.4, 0.5) is 0 Å². The van der Waals surface area contributed by atoms with Gasteiger partial charge in [0.15, 0.2) is 5.17 Å². The minimum absolute atomic E-state index is 0.111. The first kappa shape index (κ1) is 14.6. The molecule has 0 spiro atoms. The van der Waals surface area contributed by atoms with Crippen LogP contribution >= 0.6 is 11.8 Å². The summed E-state index contributed by atoms with van der Waals surface area (Å²) < 4.78 is 0. The van der Waals surface area contributed by atoms with Crippen molar-refractivity contribution in [3.63, 3.8) is 0 Å². The van der Waals surface area contributed by atoms with Crippen molar-refractivity contribution < 1.29 is 9.59 Å². The molecule has 0 aromatic heterocycles. The van der Waals surface area contributed by atoms with Crippen molar-refractivity contribution in [3.05, 3.63) is 12.2 Å². The highest BCUT2D eigenvalue weighted by Gasteiger charge is 2.19. The Morgan fingerprint density at radius 1 is 1.39 bits per heavy atom.